The molecule has 1 aliphatic rings. The second-order valence-electron chi connectivity index (χ2n) is 6.32. The molecule has 1 aliphatic heterocycles. The first kappa shape index (κ1) is 16.5. The summed E-state index contributed by atoms with van der Waals surface area (Å²) in [4.78, 5) is 20.8. The summed E-state index contributed by atoms with van der Waals surface area (Å²) in [5, 5.41) is 3.07. The van der Waals surface area contributed by atoms with Gasteiger partial charge in [-0.1, -0.05) is 18.2 Å². The molecule has 0 spiro atoms. The van der Waals surface area contributed by atoms with Crippen LogP contribution in [0.4, 0.5) is 10.5 Å². The molecule has 1 fully saturated rings. The molecule has 1 aromatic carbocycles. The lowest BCUT2D eigenvalue weighted by atomic mass is 10.1. The molecule has 1 N–H and O–H groups in total. The number of amides is 2. The molecule has 0 atom stereocenters. The minimum Gasteiger partial charge on any atom is -0.322 e. The number of hydrogen-bond donors (Lipinski definition) is 1. The van der Waals surface area contributed by atoms with Crippen molar-refractivity contribution in [3.05, 3.63) is 59.4 Å². The molecule has 0 saturated carbocycles. The Bertz CT molecular complexity index is 674. The van der Waals surface area contributed by atoms with Crippen molar-refractivity contribution in [2.24, 2.45) is 0 Å². The van der Waals surface area contributed by atoms with Crippen LogP contribution in [-0.4, -0.2) is 47.0 Å². The Balaban J connectivity index is 1.54. The fraction of sp³-hybridized carbons (Fsp3) is 0.368. The van der Waals surface area contributed by atoms with Crippen LogP contribution in [0.15, 0.2) is 42.7 Å². The average molecular weight is 324 g/mol. The lowest BCUT2D eigenvalue weighted by Gasteiger charge is -2.34. The SMILES string of the molecule is Cc1cccc(C)c1NC(=O)N1CCN(Cc2ccncc2)CC1. The van der Waals surface area contributed by atoms with E-state index >= 15 is 0 Å². The maximum absolute atomic E-state index is 12.5. The molecule has 0 aliphatic carbocycles. The van der Waals surface area contributed by atoms with Crippen LogP contribution in [0, 0.1) is 13.8 Å². The van der Waals surface area contributed by atoms with Crippen molar-refractivity contribution in [1.82, 2.24) is 14.8 Å². The van der Waals surface area contributed by atoms with Crippen molar-refractivity contribution < 1.29 is 4.79 Å². The van der Waals surface area contributed by atoms with Gasteiger partial charge >= 0.3 is 6.03 Å². The third-order valence-corrected chi connectivity index (χ3v) is 4.53. The smallest absolute Gasteiger partial charge is 0.321 e. The van der Waals surface area contributed by atoms with E-state index in [0.29, 0.717) is 0 Å². The van der Waals surface area contributed by atoms with Gasteiger partial charge in [-0.15, -0.1) is 0 Å². The summed E-state index contributed by atoms with van der Waals surface area (Å²) in [7, 11) is 0. The lowest BCUT2D eigenvalue weighted by molar-refractivity contribution is 0.143. The van der Waals surface area contributed by atoms with E-state index in [1.807, 2.05) is 61.5 Å². The van der Waals surface area contributed by atoms with E-state index in [-0.39, 0.29) is 6.03 Å². The highest BCUT2D eigenvalue weighted by Crippen LogP contribution is 2.20. The summed E-state index contributed by atoms with van der Waals surface area (Å²) in [6.45, 7) is 8.24. The number of aromatic nitrogens is 1. The van der Waals surface area contributed by atoms with Gasteiger partial charge in [0.05, 0.1) is 0 Å². The third kappa shape index (κ3) is 3.92. The molecule has 126 valence electrons. The van der Waals surface area contributed by atoms with Gasteiger partial charge in [-0.3, -0.25) is 9.88 Å². The maximum atomic E-state index is 12.5. The van der Waals surface area contributed by atoms with Crippen molar-refractivity contribution in [3.63, 3.8) is 0 Å². The molecule has 0 unspecified atom stereocenters. The summed E-state index contributed by atoms with van der Waals surface area (Å²) >= 11 is 0. The molecule has 1 aromatic heterocycles. The second-order valence-corrected chi connectivity index (χ2v) is 6.32. The predicted molar refractivity (Wildman–Crippen MR) is 96.0 cm³/mol. The van der Waals surface area contributed by atoms with Gasteiger partial charge in [0.1, 0.15) is 0 Å². The maximum Gasteiger partial charge on any atom is 0.321 e. The van der Waals surface area contributed by atoms with Gasteiger partial charge in [-0.05, 0) is 42.7 Å². The van der Waals surface area contributed by atoms with E-state index in [1.165, 1.54) is 5.56 Å². The van der Waals surface area contributed by atoms with Crippen molar-refractivity contribution in [2.75, 3.05) is 31.5 Å². The number of pyridine rings is 1. The van der Waals surface area contributed by atoms with Gasteiger partial charge < -0.3 is 10.2 Å². The van der Waals surface area contributed by atoms with Gasteiger partial charge in [0.25, 0.3) is 0 Å². The zero-order valence-corrected chi connectivity index (χ0v) is 14.3. The molecular formula is C19H24N4O. The van der Waals surface area contributed by atoms with Crippen molar-refractivity contribution in [2.45, 2.75) is 20.4 Å². The Morgan fingerprint density at radius 3 is 2.29 bits per heavy atom. The van der Waals surface area contributed by atoms with Gasteiger partial charge in [0, 0.05) is 50.8 Å². The van der Waals surface area contributed by atoms with Crippen molar-refractivity contribution in [1.29, 1.82) is 0 Å². The molecule has 24 heavy (non-hydrogen) atoms. The predicted octanol–water partition coefficient (Wildman–Crippen LogP) is 3.05. The number of hydrogen-bond acceptors (Lipinski definition) is 3. The van der Waals surface area contributed by atoms with Gasteiger partial charge in [0.15, 0.2) is 0 Å². The fourth-order valence-corrected chi connectivity index (χ4v) is 3.05. The van der Waals surface area contributed by atoms with Gasteiger partial charge in [-0.2, -0.15) is 0 Å². The molecule has 0 radical (unpaired) electrons. The molecular weight excluding hydrogens is 300 g/mol. The van der Waals surface area contributed by atoms with Crippen LogP contribution >= 0.6 is 0 Å². The van der Waals surface area contributed by atoms with E-state index in [1.54, 1.807) is 0 Å². The summed E-state index contributed by atoms with van der Waals surface area (Å²) in [5.41, 5.74) is 4.39. The number of aryl methyl sites for hydroxylation is 2. The number of anilines is 1. The van der Waals surface area contributed by atoms with E-state index in [0.717, 1.165) is 49.5 Å². The Kier molecular flexibility index (Phi) is 5.11. The van der Waals surface area contributed by atoms with E-state index in [9.17, 15) is 4.79 Å². The van der Waals surface area contributed by atoms with Gasteiger partial charge in [0.2, 0.25) is 0 Å². The molecule has 0 bridgehead atoms. The largest absolute Gasteiger partial charge is 0.322 e. The highest BCUT2D eigenvalue weighted by atomic mass is 16.2. The first-order valence-electron chi connectivity index (χ1n) is 8.37. The van der Waals surface area contributed by atoms with Crippen LogP contribution in [-0.2, 0) is 6.54 Å². The summed E-state index contributed by atoms with van der Waals surface area (Å²) in [6, 6.07) is 10.1. The number of para-hydroxylation sites is 1. The topological polar surface area (TPSA) is 48.5 Å². The average Bonchev–Trinajstić information content (AvgIpc) is 2.60. The van der Waals surface area contributed by atoms with E-state index < -0.39 is 0 Å². The van der Waals surface area contributed by atoms with Crippen LogP contribution in [0.5, 0.6) is 0 Å². The fourth-order valence-electron chi connectivity index (χ4n) is 3.05. The number of piperazine rings is 1. The Morgan fingerprint density at radius 2 is 1.67 bits per heavy atom. The monoisotopic (exact) mass is 324 g/mol. The molecule has 5 heteroatoms. The quantitative estimate of drug-likeness (QED) is 0.944. The van der Waals surface area contributed by atoms with Gasteiger partial charge in [-0.25, -0.2) is 4.79 Å². The number of carbonyl (C=O) groups excluding carboxylic acids is 1. The Labute approximate surface area is 143 Å². The zero-order chi connectivity index (χ0) is 16.9. The molecule has 2 aromatic rings. The number of carbonyl (C=O) groups is 1. The van der Waals surface area contributed by atoms with Crippen LogP contribution in [0.3, 0.4) is 0 Å². The summed E-state index contributed by atoms with van der Waals surface area (Å²) in [6.07, 6.45) is 3.65. The number of urea groups is 1. The highest BCUT2D eigenvalue weighted by Gasteiger charge is 2.21. The summed E-state index contributed by atoms with van der Waals surface area (Å²) in [5.74, 6) is 0. The first-order chi connectivity index (χ1) is 11.6. The van der Waals surface area contributed by atoms with Crippen molar-refractivity contribution in [3.8, 4) is 0 Å². The normalized spacial score (nSPS) is 15.3. The first-order valence-corrected chi connectivity index (χ1v) is 8.37. The Hall–Kier alpha value is -2.40. The number of benzene rings is 1. The minimum atomic E-state index is -0.00374. The molecule has 5 nitrogen and oxygen atoms in total. The van der Waals surface area contributed by atoms with Crippen LogP contribution in [0.2, 0.25) is 0 Å². The molecule has 2 amide bonds. The minimum absolute atomic E-state index is 0.00374. The second kappa shape index (κ2) is 7.45. The summed E-state index contributed by atoms with van der Waals surface area (Å²) < 4.78 is 0. The van der Waals surface area contributed by atoms with Crippen LogP contribution in [0.1, 0.15) is 16.7 Å². The Morgan fingerprint density at radius 1 is 1.04 bits per heavy atom. The lowest BCUT2D eigenvalue weighted by Crippen LogP contribution is -2.49. The third-order valence-electron chi connectivity index (χ3n) is 4.53. The molecule has 2 heterocycles. The van der Waals surface area contributed by atoms with E-state index in [4.69, 9.17) is 0 Å². The standard InChI is InChI=1S/C19H24N4O/c1-15-4-3-5-16(2)18(15)21-19(24)23-12-10-22(11-13-23)14-17-6-8-20-9-7-17/h3-9H,10-14H2,1-2H3,(H,21,24). The zero-order valence-electron chi connectivity index (χ0n) is 14.3. The molecule has 3 rings (SSSR count). The number of rotatable bonds is 3. The number of nitrogens with one attached hydrogen (secondary N) is 1. The van der Waals surface area contributed by atoms with E-state index in [2.05, 4.69) is 15.2 Å². The van der Waals surface area contributed by atoms with Crippen LogP contribution in [0.25, 0.3) is 0 Å². The number of nitrogens with zero attached hydrogens (tertiary/aromatic N) is 3. The highest BCUT2D eigenvalue weighted by molar-refractivity contribution is 5.91. The molecule has 1 saturated heterocycles. The van der Waals surface area contributed by atoms with Crippen molar-refractivity contribution >= 4 is 11.7 Å². The van der Waals surface area contributed by atoms with Crippen LogP contribution < -0.4 is 5.32 Å².